The number of carbonyl (C=O) groups is 1. The number of hydrogen-bond donors (Lipinski definition) is 1. The van der Waals surface area contributed by atoms with Crippen molar-refractivity contribution in [1.29, 1.82) is 0 Å². The third kappa shape index (κ3) is 4.65. The normalized spacial score (nSPS) is 10.4. The molecule has 0 aliphatic rings. The van der Waals surface area contributed by atoms with Crippen molar-refractivity contribution in [2.75, 3.05) is 5.32 Å². The topological polar surface area (TPSA) is 85.1 Å². The summed E-state index contributed by atoms with van der Waals surface area (Å²) in [6.45, 7) is 0. The van der Waals surface area contributed by atoms with E-state index in [2.05, 4.69) is 10.3 Å². The van der Waals surface area contributed by atoms with Crippen LogP contribution in [0.1, 0.15) is 16.1 Å². The highest BCUT2D eigenvalue weighted by Gasteiger charge is 2.09. The minimum absolute atomic E-state index is 0.0144. The summed E-state index contributed by atoms with van der Waals surface area (Å²) in [5, 5.41) is 15.4. The third-order valence-electron chi connectivity index (χ3n) is 3.32. The molecule has 0 fully saturated rings. The number of nitro groups is 1. The monoisotopic (exact) mass is 371 g/mol. The summed E-state index contributed by atoms with van der Waals surface area (Å²) in [5.74, 6) is 0.530. The maximum atomic E-state index is 12.2. The standard InChI is InChI=1S/C17H13N3O3S2/c21-17(19-13-3-5-15(6-4-13)20(22)23)12-1-7-16(8-2-12)25-10-14-9-24-11-18-14/h1-9,11H,10H2,(H,19,21). The number of nitrogens with zero attached hydrogens (tertiary/aromatic N) is 2. The summed E-state index contributed by atoms with van der Waals surface area (Å²) in [5.41, 5.74) is 3.87. The van der Waals surface area contributed by atoms with Crippen molar-refractivity contribution in [2.24, 2.45) is 0 Å². The summed E-state index contributed by atoms with van der Waals surface area (Å²) >= 11 is 3.23. The Morgan fingerprint density at radius 3 is 2.48 bits per heavy atom. The Bertz CT molecular complexity index is 863. The molecular weight excluding hydrogens is 358 g/mol. The summed E-state index contributed by atoms with van der Waals surface area (Å²) < 4.78 is 0. The van der Waals surface area contributed by atoms with E-state index < -0.39 is 4.92 Å². The van der Waals surface area contributed by atoms with Crippen LogP contribution in [-0.4, -0.2) is 15.8 Å². The molecule has 3 aromatic rings. The van der Waals surface area contributed by atoms with Crippen LogP contribution in [0.4, 0.5) is 11.4 Å². The van der Waals surface area contributed by atoms with Crippen LogP contribution in [0.3, 0.4) is 0 Å². The molecule has 2 aromatic carbocycles. The van der Waals surface area contributed by atoms with Crippen molar-refractivity contribution in [3.8, 4) is 0 Å². The van der Waals surface area contributed by atoms with Gasteiger partial charge in [0.05, 0.1) is 16.1 Å². The highest BCUT2D eigenvalue weighted by molar-refractivity contribution is 7.98. The second-order valence-corrected chi connectivity index (χ2v) is 6.82. The predicted octanol–water partition coefficient (Wildman–Crippen LogP) is 4.60. The summed E-state index contributed by atoms with van der Waals surface area (Å²) in [6, 6.07) is 13.0. The molecule has 0 aliphatic carbocycles. The summed E-state index contributed by atoms with van der Waals surface area (Å²) in [6.07, 6.45) is 0. The fourth-order valence-corrected chi connectivity index (χ4v) is 3.50. The second-order valence-electron chi connectivity index (χ2n) is 5.05. The van der Waals surface area contributed by atoms with E-state index in [9.17, 15) is 14.9 Å². The molecule has 25 heavy (non-hydrogen) atoms. The van der Waals surface area contributed by atoms with Crippen LogP contribution in [0.5, 0.6) is 0 Å². The van der Waals surface area contributed by atoms with Crippen LogP contribution in [0.15, 0.2) is 64.3 Å². The number of aromatic nitrogens is 1. The molecule has 126 valence electrons. The lowest BCUT2D eigenvalue weighted by Crippen LogP contribution is -2.11. The molecule has 3 rings (SSSR count). The van der Waals surface area contributed by atoms with Crippen LogP contribution in [0.25, 0.3) is 0 Å². The molecule has 0 spiro atoms. The molecule has 1 aromatic heterocycles. The van der Waals surface area contributed by atoms with Crippen LogP contribution >= 0.6 is 23.1 Å². The number of carbonyl (C=O) groups excluding carboxylic acids is 1. The van der Waals surface area contributed by atoms with Crippen molar-refractivity contribution in [3.63, 3.8) is 0 Å². The molecule has 0 bridgehead atoms. The predicted molar refractivity (Wildman–Crippen MR) is 99.2 cm³/mol. The van der Waals surface area contributed by atoms with Gasteiger partial charge in [-0.05, 0) is 36.4 Å². The first-order valence-electron chi connectivity index (χ1n) is 7.27. The van der Waals surface area contributed by atoms with Crippen LogP contribution in [0.2, 0.25) is 0 Å². The largest absolute Gasteiger partial charge is 0.322 e. The van der Waals surface area contributed by atoms with E-state index in [0.717, 1.165) is 16.3 Å². The number of amides is 1. The van der Waals surface area contributed by atoms with E-state index in [1.54, 1.807) is 35.2 Å². The number of nitro benzene ring substituents is 1. The van der Waals surface area contributed by atoms with Gasteiger partial charge in [-0.2, -0.15) is 0 Å². The SMILES string of the molecule is O=C(Nc1ccc([N+](=O)[O-])cc1)c1ccc(SCc2cscn2)cc1. The number of thiazole rings is 1. The lowest BCUT2D eigenvalue weighted by Gasteiger charge is -2.06. The Hall–Kier alpha value is -2.71. The summed E-state index contributed by atoms with van der Waals surface area (Å²) in [7, 11) is 0. The molecule has 1 N–H and O–H groups in total. The Morgan fingerprint density at radius 2 is 1.88 bits per heavy atom. The smallest absolute Gasteiger partial charge is 0.269 e. The van der Waals surface area contributed by atoms with Gasteiger partial charge in [0.1, 0.15) is 0 Å². The van der Waals surface area contributed by atoms with E-state index >= 15 is 0 Å². The zero-order chi connectivity index (χ0) is 17.6. The van der Waals surface area contributed by atoms with Gasteiger partial charge in [-0.15, -0.1) is 23.1 Å². The zero-order valence-corrected chi connectivity index (χ0v) is 14.5. The molecule has 0 unspecified atom stereocenters. The molecule has 0 aliphatic heterocycles. The quantitative estimate of drug-likeness (QED) is 0.389. The van der Waals surface area contributed by atoms with E-state index in [0.29, 0.717) is 11.3 Å². The number of hydrogen-bond acceptors (Lipinski definition) is 6. The van der Waals surface area contributed by atoms with E-state index in [1.165, 1.54) is 24.3 Å². The second kappa shape index (κ2) is 7.91. The number of rotatable bonds is 6. The van der Waals surface area contributed by atoms with E-state index in [1.807, 2.05) is 23.0 Å². The zero-order valence-electron chi connectivity index (χ0n) is 12.9. The molecule has 0 atom stereocenters. The van der Waals surface area contributed by atoms with Crippen LogP contribution < -0.4 is 5.32 Å². The van der Waals surface area contributed by atoms with Crippen molar-refractivity contribution in [3.05, 3.63) is 80.8 Å². The first-order valence-corrected chi connectivity index (χ1v) is 9.20. The Morgan fingerprint density at radius 1 is 1.16 bits per heavy atom. The summed E-state index contributed by atoms with van der Waals surface area (Å²) in [4.78, 5) is 27.7. The van der Waals surface area contributed by atoms with Crippen LogP contribution in [-0.2, 0) is 5.75 Å². The first-order chi connectivity index (χ1) is 12.1. The van der Waals surface area contributed by atoms with Gasteiger partial charge in [-0.3, -0.25) is 14.9 Å². The van der Waals surface area contributed by atoms with Crippen molar-refractivity contribution < 1.29 is 9.72 Å². The Kier molecular flexibility index (Phi) is 5.42. The molecule has 8 heteroatoms. The van der Waals surface area contributed by atoms with Crippen molar-refractivity contribution >= 4 is 40.4 Å². The Balaban J connectivity index is 1.59. The molecule has 1 amide bonds. The number of anilines is 1. The lowest BCUT2D eigenvalue weighted by atomic mass is 10.2. The number of nitrogens with one attached hydrogen (secondary N) is 1. The van der Waals surface area contributed by atoms with Crippen LogP contribution in [0, 0.1) is 10.1 Å². The van der Waals surface area contributed by atoms with Gasteiger partial charge >= 0.3 is 0 Å². The highest BCUT2D eigenvalue weighted by atomic mass is 32.2. The molecule has 0 saturated heterocycles. The van der Waals surface area contributed by atoms with Gasteiger partial charge in [0.25, 0.3) is 11.6 Å². The average Bonchev–Trinajstić information content (AvgIpc) is 3.14. The fourth-order valence-electron chi connectivity index (χ4n) is 2.04. The Labute approximate surface area is 152 Å². The van der Waals surface area contributed by atoms with Gasteiger partial charge in [-0.1, -0.05) is 0 Å². The van der Waals surface area contributed by atoms with Crippen molar-refractivity contribution in [1.82, 2.24) is 4.98 Å². The fraction of sp³-hybridized carbons (Fsp3) is 0.0588. The van der Waals surface area contributed by atoms with E-state index in [-0.39, 0.29) is 11.6 Å². The number of benzene rings is 2. The third-order valence-corrected chi connectivity index (χ3v) is 5.00. The maximum Gasteiger partial charge on any atom is 0.269 e. The highest BCUT2D eigenvalue weighted by Crippen LogP contribution is 2.23. The van der Waals surface area contributed by atoms with Gasteiger partial charge < -0.3 is 5.32 Å². The molecular formula is C17H13N3O3S2. The molecule has 6 nitrogen and oxygen atoms in total. The lowest BCUT2D eigenvalue weighted by molar-refractivity contribution is -0.384. The molecule has 0 radical (unpaired) electrons. The molecule has 0 saturated carbocycles. The van der Waals surface area contributed by atoms with E-state index in [4.69, 9.17) is 0 Å². The maximum absolute atomic E-state index is 12.2. The van der Waals surface area contributed by atoms with Gasteiger partial charge in [0, 0.05) is 39.4 Å². The van der Waals surface area contributed by atoms with Gasteiger partial charge in [-0.25, -0.2) is 4.98 Å². The number of non-ortho nitro benzene ring substituents is 1. The van der Waals surface area contributed by atoms with Gasteiger partial charge in [0.15, 0.2) is 0 Å². The van der Waals surface area contributed by atoms with Crippen molar-refractivity contribution in [2.45, 2.75) is 10.6 Å². The minimum atomic E-state index is -0.479. The average molecular weight is 371 g/mol. The minimum Gasteiger partial charge on any atom is -0.322 e. The first kappa shape index (κ1) is 17.1. The molecule has 1 heterocycles. The van der Waals surface area contributed by atoms with Gasteiger partial charge in [0.2, 0.25) is 0 Å². The number of thioether (sulfide) groups is 1.